The largest absolute Gasteiger partial charge is 0.387 e. The highest BCUT2D eigenvalue weighted by Crippen LogP contribution is 2.18. The molecule has 0 radical (unpaired) electrons. The SMILES string of the molecule is CN(CC(O)c1ccc(F)cc1)C(=O)c1ccc2cc[nH]c2c1. The normalized spacial score (nSPS) is 12.3. The summed E-state index contributed by atoms with van der Waals surface area (Å²) in [7, 11) is 1.63. The van der Waals surface area contributed by atoms with Crippen molar-refractivity contribution in [1.82, 2.24) is 9.88 Å². The molecule has 3 aromatic rings. The highest BCUT2D eigenvalue weighted by Gasteiger charge is 2.17. The molecule has 1 unspecified atom stereocenters. The second-order valence-electron chi connectivity index (χ2n) is 5.53. The molecule has 1 amide bonds. The first-order valence-corrected chi connectivity index (χ1v) is 7.31. The van der Waals surface area contributed by atoms with Crippen LogP contribution >= 0.6 is 0 Å². The van der Waals surface area contributed by atoms with Gasteiger partial charge < -0.3 is 15.0 Å². The molecule has 0 bridgehead atoms. The molecule has 2 aromatic carbocycles. The molecule has 0 fully saturated rings. The minimum Gasteiger partial charge on any atom is -0.387 e. The fourth-order valence-electron chi connectivity index (χ4n) is 2.53. The minimum atomic E-state index is -0.862. The molecule has 3 rings (SSSR count). The summed E-state index contributed by atoms with van der Waals surface area (Å²) >= 11 is 0. The summed E-state index contributed by atoms with van der Waals surface area (Å²) in [6, 6.07) is 13.0. The van der Waals surface area contributed by atoms with Gasteiger partial charge in [-0.2, -0.15) is 0 Å². The number of carbonyl (C=O) groups is 1. The lowest BCUT2D eigenvalue weighted by Crippen LogP contribution is -2.31. The number of aliphatic hydroxyl groups is 1. The van der Waals surface area contributed by atoms with Crippen molar-refractivity contribution >= 4 is 16.8 Å². The Labute approximate surface area is 133 Å². The summed E-state index contributed by atoms with van der Waals surface area (Å²) in [6.07, 6.45) is 0.958. The molecule has 5 heteroatoms. The van der Waals surface area contributed by atoms with E-state index in [-0.39, 0.29) is 18.3 Å². The molecule has 0 aliphatic rings. The van der Waals surface area contributed by atoms with Crippen LogP contribution in [-0.2, 0) is 0 Å². The van der Waals surface area contributed by atoms with Crippen molar-refractivity contribution in [2.24, 2.45) is 0 Å². The van der Waals surface area contributed by atoms with Crippen molar-refractivity contribution in [3.05, 3.63) is 71.7 Å². The third-order valence-corrected chi connectivity index (χ3v) is 3.85. The molecule has 0 aliphatic heterocycles. The minimum absolute atomic E-state index is 0.132. The third-order valence-electron chi connectivity index (χ3n) is 3.85. The van der Waals surface area contributed by atoms with E-state index in [1.807, 2.05) is 18.3 Å². The Morgan fingerprint density at radius 3 is 2.70 bits per heavy atom. The zero-order valence-corrected chi connectivity index (χ0v) is 12.7. The second kappa shape index (κ2) is 6.22. The lowest BCUT2D eigenvalue weighted by atomic mass is 10.1. The maximum absolute atomic E-state index is 12.9. The predicted molar refractivity (Wildman–Crippen MR) is 86.6 cm³/mol. The van der Waals surface area contributed by atoms with Crippen molar-refractivity contribution in [2.45, 2.75) is 6.10 Å². The van der Waals surface area contributed by atoms with E-state index < -0.39 is 6.10 Å². The standard InChI is InChI=1S/C18H17FN2O2/c1-21(11-17(22)13-4-6-15(19)7-5-13)18(23)14-3-2-12-8-9-20-16(12)10-14/h2-10,17,20,22H,11H2,1H3. The number of aromatic amines is 1. The lowest BCUT2D eigenvalue weighted by Gasteiger charge is -2.21. The fraction of sp³-hybridized carbons (Fsp3) is 0.167. The summed E-state index contributed by atoms with van der Waals surface area (Å²) in [5.41, 5.74) is 2.02. The van der Waals surface area contributed by atoms with Crippen molar-refractivity contribution in [3.8, 4) is 0 Å². The smallest absolute Gasteiger partial charge is 0.253 e. The molecule has 4 nitrogen and oxygen atoms in total. The first kappa shape index (κ1) is 15.2. The molecule has 0 saturated heterocycles. The van der Waals surface area contributed by atoms with Crippen molar-refractivity contribution in [1.29, 1.82) is 0 Å². The molecule has 2 N–H and O–H groups in total. The zero-order chi connectivity index (χ0) is 16.4. The average molecular weight is 312 g/mol. The number of nitrogens with zero attached hydrogens (tertiary/aromatic N) is 1. The van der Waals surface area contributed by atoms with Crippen molar-refractivity contribution in [2.75, 3.05) is 13.6 Å². The molecular weight excluding hydrogens is 295 g/mol. The summed E-state index contributed by atoms with van der Waals surface area (Å²) < 4.78 is 12.9. The quantitative estimate of drug-likeness (QED) is 0.778. The van der Waals surface area contributed by atoms with Gasteiger partial charge in [0.2, 0.25) is 0 Å². The first-order chi connectivity index (χ1) is 11.0. The molecule has 1 aromatic heterocycles. The summed E-state index contributed by atoms with van der Waals surface area (Å²) in [4.78, 5) is 17.0. The average Bonchev–Trinajstić information content (AvgIpc) is 3.02. The number of fused-ring (bicyclic) bond motifs is 1. The number of rotatable bonds is 4. The highest BCUT2D eigenvalue weighted by atomic mass is 19.1. The number of H-pyrrole nitrogens is 1. The van der Waals surface area contributed by atoms with Crippen LogP contribution in [0.3, 0.4) is 0 Å². The Morgan fingerprint density at radius 2 is 1.96 bits per heavy atom. The van der Waals surface area contributed by atoms with Gasteiger partial charge in [0.15, 0.2) is 0 Å². The van der Waals surface area contributed by atoms with Crippen LogP contribution < -0.4 is 0 Å². The predicted octanol–water partition coefficient (Wildman–Crippen LogP) is 3.11. The van der Waals surface area contributed by atoms with Gasteiger partial charge in [0.1, 0.15) is 5.82 Å². The second-order valence-corrected chi connectivity index (χ2v) is 5.53. The maximum Gasteiger partial charge on any atom is 0.253 e. The number of hydrogen-bond donors (Lipinski definition) is 2. The molecule has 1 atom stereocenters. The summed E-state index contributed by atoms with van der Waals surface area (Å²) in [6.45, 7) is 0.132. The molecule has 0 spiro atoms. The van der Waals surface area contributed by atoms with Crippen LogP contribution in [0, 0.1) is 5.82 Å². The van der Waals surface area contributed by atoms with Gasteiger partial charge in [-0.3, -0.25) is 4.79 Å². The van der Waals surface area contributed by atoms with Gasteiger partial charge in [-0.05, 0) is 41.3 Å². The van der Waals surface area contributed by atoms with Crippen molar-refractivity contribution < 1.29 is 14.3 Å². The molecular formula is C18H17FN2O2. The van der Waals surface area contributed by atoms with Crippen LogP contribution in [-0.4, -0.2) is 34.5 Å². The van der Waals surface area contributed by atoms with E-state index in [2.05, 4.69) is 4.98 Å². The van der Waals surface area contributed by atoms with E-state index in [1.165, 1.54) is 29.2 Å². The molecule has 0 saturated carbocycles. The van der Waals surface area contributed by atoms with E-state index in [9.17, 15) is 14.3 Å². The Balaban J connectivity index is 1.72. The van der Waals surface area contributed by atoms with Gasteiger partial charge in [0, 0.05) is 24.3 Å². The fourth-order valence-corrected chi connectivity index (χ4v) is 2.53. The van der Waals surface area contributed by atoms with Gasteiger partial charge in [-0.15, -0.1) is 0 Å². The van der Waals surface area contributed by atoms with Crippen LogP contribution in [0.15, 0.2) is 54.7 Å². The van der Waals surface area contributed by atoms with Crippen LogP contribution in [0.4, 0.5) is 4.39 Å². The Morgan fingerprint density at radius 1 is 1.22 bits per heavy atom. The Kier molecular flexibility index (Phi) is 4.12. The number of halogens is 1. The van der Waals surface area contributed by atoms with E-state index in [4.69, 9.17) is 0 Å². The Bertz CT molecular complexity index is 826. The number of likely N-dealkylation sites (N-methyl/N-ethyl adjacent to an activating group) is 1. The van der Waals surface area contributed by atoms with E-state index >= 15 is 0 Å². The maximum atomic E-state index is 12.9. The van der Waals surface area contributed by atoms with Crippen molar-refractivity contribution in [3.63, 3.8) is 0 Å². The number of aromatic nitrogens is 1. The monoisotopic (exact) mass is 312 g/mol. The van der Waals surface area contributed by atoms with Gasteiger partial charge in [-0.1, -0.05) is 18.2 Å². The van der Waals surface area contributed by atoms with Crippen LogP contribution in [0.5, 0.6) is 0 Å². The Hall–Kier alpha value is -2.66. The van der Waals surface area contributed by atoms with Crippen LogP contribution in [0.25, 0.3) is 10.9 Å². The molecule has 1 heterocycles. The summed E-state index contributed by atoms with van der Waals surface area (Å²) in [5, 5.41) is 11.2. The lowest BCUT2D eigenvalue weighted by molar-refractivity contribution is 0.0681. The van der Waals surface area contributed by atoms with Crippen LogP contribution in [0.1, 0.15) is 22.0 Å². The van der Waals surface area contributed by atoms with Gasteiger partial charge >= 0.3 is 0 Å². The molecule has 0 aliphatic carbocycles. The molecule has 118 valence electrons. The van der Waals surface area contributed by atoms with E-state index in [1.54, 1.807) is 19.2 Å². The zero-order valence-electron chi connectivity index (χ0n) is 12.7. The number of aliphatic hydroxyl groups excluding tert-OH is 1. The topological polar surface area (TPSA) is 56.3 Å². The van der Waals surface area contributed by atoms with E-state index in [0.29, 0.717) is 11.1 Å². The van der Waals surface area contributed by atoms with Gasteiger partial charge in [0.25, 0.3) is 5.91 Å². The number of nitrogens with one attached hydrogen (secondary N) is 1. The number of carbonyl (C=O) groups excluding carboxylic acids is 1. The van der Waals surface area contributed by atoms with Gasteiger partial charge in [0.05, 0.1) is 12.6 Å². The summed E-state index contributed by atoms with van der Waals surface area (Å²) in [5.74, 6) is -0.535. The first-order valence-electron chi connectivity index (χ1n) is 7.31. The number of hydrogen-bond acceptors (Lipinski definition) is 2. The van der Waals surface area contributed by atoms with E-state index in [0.717, 1.165) is 10.9 Å². The third kappa shape index (κ3) is 3.24. The number of amides is 1. The highest BCUT2D eigenvalue weighted by molar-refractivity contribution is 5.97. The van der Waals surface area contributed by atoms with Crippen LogP contribution in [0.2, 0.25) is 0 Å². The number of benzene rings is 2. The van der Waals surface area contributed by atoms with Gasteiger partial charge in [-0.25, -0.2) is 4.39 Å². The molecule has 23 heavy (non-hydrogen) atoms.